The maximum absolute atomic E-state index is 12.0. The molecule has 0 saturated heterocycles. The maximum Gasteiger partial charge on any atom is 0.224 e. The molecule has 0 bridgehead atoms. The zero-order valence-corrected chi connectivity index (χ0v) is 11.7. The highest BCUT2D eigenvalue weighted by atomic mass is 16.1. The maximum atomic E-state index is 12.0. The lowest BCUT2D eigenvalue weighted by atomic mass is 9.83. The van der Waals surface area contributed by atoms with Crippen LogP contribution in [0.3, 0.4) is 0 Å². The summed E-state index contributed by atoms with van der Waals surface area (Å²) in [4.78, 5) is 12.0. The second kappa shape index (κ2) is 6.09. The van der Waals surface area contributed by atoms with Crippen molar-refractivity contribution in [2.24, 2.45) is 5.41 Å². The van der Waals surface area contributed by atoms with Gasteiger partial charge in [0.15, 0.2) is 0 Å². The van der Waals surface area contributed by atoms with Gasteiger partial charge >= 0.3 is 0 Å². The predicted octanol–water partition coefficient (Wildman–Crippen LogP) is 2.90. The third-order valence-corrected chi connectivity index (χ3v) is 4.48. The predicted molar refractivity (Wildman–Crippen MR) is 78.8 cm³/mol. The first-order chi connectivity index (χ1) is 9.15. The van der Waals surface area contributed by atoms with Gasteiger partial charge < -0.3 is 11.1 Å². The molecule has 0 aromatic heterocycles. The molecule has 3 heteroatoms. The highest BCUT2D eigenvalue weighted by Gasteiger charge is 2.32. The standard InChI is InChI=1S/C16H24N2O/c1-2-16(9-5-6-10-16)12-18-15(19)11-13-7-3-4-8-14(13)17/h3-4,7-8H,2,5-6,9-12,17H2,1H3,(H,18,19). The number of nitrogen functional groups attached to an aromatic ring is 1. The molecule has 104 valence electrons. The Kier molecular flexibility index (Phi) is 4.46. The van der Waals surface area contributed by atoms with E-state index >= 15 is 0 Å². The van der Waals surface area contributed by atoms with Crippen LogP contribution in [0.25, 0.3) is 0 Å². The fourth-order valence-corrected chi connectivity index (χ4v) is 3.00. The van der Waals surface area contributed by atoms with Crippen molar-refractivity contribution in [2.45, 2.75) is 45.4 Å². The number of hydrogen-bond donors (Lipinski definition) is 2. The molecule has 0 atom stereocenters. The molecule has 0 heterocycles. The van der Waals surface area contributed by atoms with Crippen molar-refractivity contribution in [3.8, 4) is 0 Å². The molecule has 1 aromatic rings. The van der Waals surface area contributed by atoms with Gasteiger partial charge in [-0.1, -0.05) is 38.0 Å². The molecule has 1 aromatic carbocycles. The number of benzene rings is 1. The van der Waals surface area contributed by atoms with Gasteiger partial charge in [-0.3, -0.25) is 4.79 Å². The lowest BCUT2D eigenvalue weighted by molar-refractivity contribution is -0.120. The Morgan fingerprint density at radius 3 is 2.63 bits per heavy atom. The van der Waals surface area contributed by atoms with Crippen LogP contribution in [0.2, 0.25) is 0 Å². The smallest absolute Gasteiger partial charge is 0.224 e. The van der Waals surface area contributed by atoms with Crippen LogP contribution in [-0.4, -0.2) is 12.5 Å². The number of amides is 1. The van der Waals surface area contributed by atoms with Gasteiger partial charge in [-0.05, 0) is 36.3 Å². The number of carbonyl (C=O) groups is 1. The first-order valence-corrected chi connectivity index (χ1v) is 7.25. The fraction of sp³-hybridized carbons (Fsp3) is 0.562. The van der Waals surface area contributed by atoms with E-state index in [1.54, 1.807) is 0 Å². The van der Waals surface area contributed by atoms with Crippen molar-refractivity contribution in [3.63, 3.8) is 0 Å². The summed E-state index contributed by atoms with van der Waals surface area (Å²) < 4.78 is 0. The number of nitrogens with one attached hydrogen (secondary N) is 1. The molecule has 0 unspecified atom stereocenters. The molecule has 0 spiro atoms. The van der Waals surface area contributed by atoms with Gasteiger partial charge in [0.05, 0.1) is 6.42 Å². The van der Waals surface area contributed by atoms with Crippen LogP contribution in [0.5, 0.6) is 0 Å². The summed E-state index contributed by atoms with van der Waals surface area (Å²) in [6.45, 7) is 3.04. The van der Waals surface area contributed by atoms with E-state index in [9.17, 15) is 4.79 Å². The average molecular weight is 260 g/mol. The zero-order chi connectivity index (χ0) is 13.7. The Bertz CT molecular complexity index is 436. The van der Waals surface area contributed by atoms with Gasteiger partial charge in [0, 0.05) is 12.2 Å². The third-order valence-electron chi connectivity index (χ3n) is 4.48. The fourth-order valence-electron chi connectivity index (χ4n) is 3.00. The number of nitrogens with two attached hydrogens (primary N) is 1. The number of para-hydroxylation sites is 1. The van der Waals surface area contributed by atoms with Crippen molar-refractivity contribution in [1.82, 2.24) is 5.32 Å². The summed E-state index contributed by atoms with van der Waals surface area (Å²) in [6, 6.07) is 7.57. The number of carbonyl (C=O) groups excluding carboxylic acids is 1. The van der Waals surface area contributed by atoms with Gasteiger partial charge in [-0.25, -0.2) is 0 Å². The molecule has 1 aliphatic rings. The van der Waals surface area contributed by atoms with Crippen LogP contribution in [0, 0.1) is 5.41 Å². The van der Waals surface area contributed by atoms with E-state index in [0.717, 1.165) is 18.5 Å². The highest BCUT2D eigenvalue weighted by molar-refractivity contribution is 5.80. The summed E-state index contributed by atoms with van der Waals surface area (Å²) in [6.07, 6.45) is 6.63. The molecular formula is C16H24N2O. The van der Waals surface area contributed by atoms with Crippen molar-refractivity contribution in [2.75, 3.05) is 12.3 Å². The Balaban J connectivity index is 1.86. The summed E-state index contributed by atoms with van der Waals surface area (Å²) in [7, 11) is 0. The molecule has 19 heavy (non-hydrogen) atoms. The molecule has 1 fully saturated rings. The molecule has 1 amide bonds. The lowest BCUT2D eigenvalue weighted by Gasteiger charge is -2.27. The molecule has 1 saturated carbocycles. The largest absolute Gasteiger partial charge is 0.398 e. The third kappa shape index (κ3) is 3.49. The van der Waals surface area contributed by atoms with E-state index in [4.69, 9.17) is 5.73 Å². The minimum atomic E-state index is 0.0811. The first-order valence-electron chi connectivity index (χ1n) is 7.25. The minimum Gasteiger partial charge on any atom is -0.398 e. The van der Waals surface area contributed by atoms with E-state index < -0.39 is 0 Å². The molecule has 0 radical (unpaired) electrons. The lowest BCUT2D eigenvalue weighted by Crippen LogP contribution is -2.36. The second-order valence-electron chi connectivity index (χ2n) is 5.71. The monoisotopic (exact) mass is 260 g/mol. The van der Waals surface area contributed by atoms with Gasteiger partial charge in [0.2, 0.25) is 5.91 Å². The molecule has 1 aliphatic carbocycles. The summed E-state index contributed by atoms with van der Waals surface area (Å²) >= 11 is 0. The van der Waals surface area contributed by atoms with Gasteiger partial charge in [0.1, 0.15) is 0 Å². The van der Waals surface area contributed by atoms with Crippen LogP contribution in [-0.2, 0) is 11.2 Å². The Morgan fingerprint density at radius 1 is 1.32 bits per heavy atom. The zero-order valence-electron chi connectivity index (χ0n) is 11.7. The first kappa shape index (κ1) is 13.9. The van der Waals surface area contributed by atoms with E-state index in [1.807, 2.05) is 24.3 Å². The van der Waals surface area contributed by atoms with Crippen LogP contribution in [0.4, 0.5) is 5.69 Å². The molecule has 0 aliphatic heterocycles. The van der Waals surface area contributed by atoms with E-state index in [2.05, 4.69) is 12.2 Å². The van der Waals surface area contributed by atoms with Crippen molar-refractivity contribution in [3.05, 3.63) is 29.8 Å². The Hall–Kier alpha value is -1.51. The van der Waals surface area contributed by atoms with Crippen molar-refractivity contribution < 1.29 is 4.79 Å². The van der Waals surface area contributed by atoms with E-state index in [1.165, 1.54) is 25.7 Å². The van der Waals surface area contributed by atoms with Gasteiger partial charge in [0.25, 0.3) is 0 Å². The topological polar surface area (TPSA) is 55.1 Å². The van der Waals surface area contributed by atoms with Crippen LogP contribution < -0.4 is 11.1 Å². The molecular weight excluding hydrogens is 236 g/mol. The highest BCUT2D eigenvalue weighted by Crippen LogP contribution is 2.40. The SMILES string of the molecule is CCC1(CNC(=O)Cc2ccccc2N)CCCC1. The van der Waals surface area contributed by atoms with Gasteiger partial charge in [-0.15, -0.1) is 0 Å². The number of rotatable bonds is 5. The quantitative estimate of drug-likeness (QED) is 0.800. The van der Waals surface area contributed by atoms with E-state index in [0.29, 0.717) is 17.5 Å². The number of anilines is 1. The van der Waals surface area contributed by atoms with Crippen molar-refractivity contribution >= 4 is 11.6 Å². The summed E-state index contributed by atoms with van der Waals surface area (Å²) in [5.74, 6) is 0.0811. The summed E-state index contributed by atoms with van der Waals surface area (Å²) in [5.41, 5.74) is 7.82. The molecule has 3 nitrogen and oxygen atoms in total. The average Bonchev–Trinajstić information content (AvgIpc) is 2.89. The number of hydrogen-bond acceptors (Lipinski definition) is 2. The van der Waals surface area contributed by atoms with Gasteiger partial charge in [-0.2, -0.15) is 0 Å². The van der Waals surface area contributed by atoms with Crippen molar-refractivity contribution in [1.29, 1.82) is 0 Å². The molecule has 3 N–H and O–H groups in total. The molecule has 2 rings (SSSR count). The van der Waals surface area contributed by atoms with E-state index in [-0.39, 0.29) is 5.91 Å². The van der Waals surface area contributed by atoms with Crippen LogP contribution >= 0.6 is 0 Å². The minimum absolute atomic E-state index is 0.0811. The summed E-state index contributed by atoms with van der Waals surface area (Å²) in [5, 5.41) is 3.10. The Labute approximate surface area is 115 Å². The van der Waals surface area contributed by atoms with Crippen LogP contribution in [0.15, 0.2) is 24.3 Å². The normalized spacial score (nSPS) is 17.3. The second-order valence-corrected chi connectivity index (χ2v) is 5.71. The Morgan fingerprint density at radius 2 is 2.00 bits per heavy atom. The van der Waals surface area contributed by atoms with Crippen LogP contribution in [0.1, 0.15) is 44.6 Å².